The molecule has 1 atom stereocenters. The van der Waals surface area contributed by atoms with E-state index in [-0.39, 0.29) is 0 Å². The molecule has 2 N–H and O–H groups in total. The lowest BCUT2D eigenvalue weighted by Gasteiger charge is -2.20. The molecule has 3 nitrogen and oxygen atoms in total. The van der Waals surface area contributed by atoms with E-state index in [4.69, 9.17) is 15.7 Å². The minimum absolute atomic E-state index is 0.438. The van der Waals surface area contributed by atoms with Crippen LogP contribution in [0.4, 0.5) is 0 Å². The Morgan fingerprint density at radius 1 is 1.69 bits per heavy atom. The van der Waals surface area contributed by atoms with E-state index < -0.39 is 5.54 Å². The molecule has 0 heterocycles. The van der Waals surface area contributed by atoms with Crippen molar-refractivity contribution in [1.82, 2.24) is 0 Å². The number of nitrogens with zero attached hydrogens (tertiary/aromatic N) is 1. The number of nitriles is 1. The lowest BCUT2D eigenvalue weighted by molar-refractivity contribution is 0.218. The molecular formula is C9H16N2OS. The highest BCUT2D eigenvalue weighted by Crippen LogP contribution is 2.39. The Kier molecular flexibility index (Phi) is 4.04. The third-order valence-corrected chi connectivity index (χ3v) is 3.42. The van der Waals surface area contributed by atoms with Crippen LogP contribution in [0.2, 0.25) is 0 Å². The van der Waals surface area contributed by atoms with Crippen LogP contribution in [0.3, 0.4) is 0 Å². The number of thioether (sulfide) groups is 1. The first kappa shape index (κ1) is 10.8. The number of hydrogen-bond acceptors (Lipinski definition) is 4. The molecule has 1 unspecified atom stereocenters. The molecule has 0 bridgehead atoms. The molecule has 0 aromatic heterocycles. The monoisotopic (exact) mass is 200 g/mol. The van der Waals surface area contributed by atoms with Gasteiger partial charge in [-0.15, -0.1) is 0 Å². The first-order valence-electron chi connectivity index (χ1n) is 4.50. The summed E-state index contributed by atoms with van der Waals surface area (Å²) in [7, 11) is 1.68. The molecule has 1 rings (SSSR count). The van der Waals surface area contributed by atoms with E-state index in [1.807, 2.05) is 0 Å². The fourth-order valence-electron chi connectivity index (χ4n) is 1.22. The van der Waals surface area contributed by atoms with E-state index in [2.05, 4.69) is 6.07 Å². The van der Waals surface area contributed by atoms with Gasteiger partial charge < -0.3 is 10.5 Å². The van der Waals surface area contributed by atoms with Crippen molar-refractivity contribution in [2.24, 2.45) is 11.7 Å². The largest absolute Gasteiger partial charge is 0.384 e. The Morgan fingerprint density at radius 2 is 2.38 bits per heavy atom. The van der Waals surface area contributed by atoms with Gasteiger partial charge in [-0.05, 0) is 18.8 Å². The second-order valence-electron chi connectivity index (χ2n) is 3.47. The summed E-state index contributed by atoms with van der Waals surface area (Å²) in [5, 5.41) is 8.93. The van der Waals surface area contributed by atoms with Gasteiger partial charge in [0, 0.05) is 18.6 Å². The summed E-state index contributed by atoms with van der Waals surface area (Å²) in [5.74, 6) is 2.09. The molecule has 1 aliphatic carbocycles. The summed E-state index contributed by atoms with van der Waals surface area (Å²) in [6.07, 6.45) is 2.24. The van der Waals surface area contributed by atoms with Crippen LogP contribution in [0.5, 0.6) is 0 Å². The van der Waals surface area contributed by atoms with Crippen molar-refractivity contribution in [1.29, 1.82) is 5.26 Å². The Labute approximate surface area is 83.6 Å². The van der Waals surface area contributed by atoms with Gasteiger partial charge in [0.2, 0.25) is 0 Å². The van der Waals surface area contributed by atoms with Crippen molar-refractivity contribution in [2.45, 2.75) is 18.4 Å². The number of rotatable bonds is 6. The predicted octanol–water partition coefficient (Wildman–Crippen LogP) is 0.997. The zero-order valence-electron chi connectivity index (χ0n) is 7.95. The molecule has 0 radical (unpaired) electrons. The molecule has 0 aromatic rings. The van der Waals surface area contributed by atoms with Crippen molar-refractivity contribution in [3.8, 4) is 6.07 Å². The Balaban J connectivity index is 2.20. The van der Waals surface area contributed by atoms with Gasteiger partial charge in [-0.25, -0.2) is 0 Å². The van der Waals surface area contributed by atoms with Crippen LogP contribution in [0.1, 0.15) is 12.8 Å². The second kappa shape index (κ2) is 4.85. The molecular weight excluding hydrogens is 184 g/mol. The second-order valence-corrected chi connectivity index (χ2v) is 4.58. The number of hydrogen-bond donors (Lipinski definition) is 1. The highest BCUT2D eigenvalue weighted by Gasteiger charge is 2.42. The SMILES string of the molecule is COCCSCC(N)(C#N)C1CC1. The van der Waals surface area contributed by atoms with E-state index in [1.165, 1.54) is 0 Å². The maximum absolute atomic E-state index is 8.93. The molecule has 1 saturated carbocycles. The normalized spacial score (nSPS) is 20.7. The minimum atomic E-state index is -0.585. The smallest absolute Gasteiger partial charge is 0.116 e. The molecule has 1 fully saturated rings. The fraction of sp³-hybridized carbons (Fsp3) is 0.889. The van der Waals surface area contributed by atoms with Crippen molar-refractivity contribution in [2.75, 3.05) is 25.2 Å². The zero-order chi connectivity index (χ0) is 9.73. The Morgan fingerprint density at radius 3 is 2.85 bits per heavy atom. The Bertz CT molecular complexity index is 200. The summed E-state index contributed by atoms with van der Waals surface area (Å²) in [5.41, 5.74) is 5.38. The predicted molar refractivity (Wildman–Crippen MR) is 54.5 cm³/mol. The van der Waals surface area contributed by atoms with Crippen LogP contribution in [0.15, 0.2) is 0 Å². The van der Waals surface area contributed by atoms with Gasteiger partial charge in [0.25, 0.3) is 0 Å². The summed E-state index contributed by atoms with van der Waals surface area (Å²) in [4.78, 5) is 0. The number of methoxy groups -OCH3 is 1. The molecule has 0 amide bonds. The van der Waals surface area contributed by atoms with Gasteiger partial charge in [-0.1, -0.05) is 0 Å². The average Bonchev–Trinajstić information content (AvgIpc) is 2.95. The van der Waals surface area contributed by atoms with E-state index in [0.29, 0.717) is 5.92 Å². The van der Waals surface area contributed by atoms with Gasteiger partial charge in [0.15, 0.2) is 0 Å². The maximum Gasteiger partial charge on any atom is 0.116 e. The van der Waals surface area contributed by atoms with E-state index in [0.717, 1.165) is 31.0 Å². The van der Waals surface area contributed by atoms with E-state index >= 15 is 0 Å². The van der Waals surface area contributed by atoms with E-state index in [9.17, 15) is 0 Å². The summed E-state index contributed by atoms with van der Waals surface area (Å²) >= 11 is 1.71. The van der Waals surface area contributed by atoms with Crippen LogP contribution < -0.4 is 5.73 Å². The van der Waals surface area contributed by atoms with Crippen molar-refractivity contribution in [3.63, 3.8) is 0 Å². The lowest BCUT2D eigenvalue weighted by Crippen LogP contribution is -2.43. The third kappa shape index (κ3) is 3.18. The average molecular weight is 200 g/mol. The molecule has 0 saturated heterocycles. The van der Waals surface area contributed by atoms with Gasteiger partial charge in [-0.3, -0.25) is 0 Å². The van der Waals surface area contributed by atoms with Crippen LogP contribution in [0.25, 0.3) is 0 Å². The molecule has 0 spiro atoms. The summed E-state index contributed by atoms with van der Waals surface area (Å²) < 4.78 is 4.92. The molecule has 0 aromatic carbocycles. The van der Waals surface area contributed by atoms with E-state index in [1.54, 1.807) is 18.9 Å². The first-order chi connectivity index (χ1) is 6.23. The third-order valence-electron chi connectivity index (χ3n) is 2.29. The molecule has 1 aliphatic rings. The standard InChI is InChI=1S/C9H16N2OS/c1-12-4-5-13-7-9(11,6-10)8-2-3-8/h8H,2-5,7,11H2,1H3. The minimum Gasteiger partial charge on any atom is -0.384 e. The van der Waals surface area contributed by atoms with Gasteiger partial charge in [-0.2, -0.15) is 17.0 Å². The van der Waals surface area contributed by atoms with Crippen molar-refractivity contribution in [3.05, 3.63) is 0 Å². The number of ether oxygens (including phenoxy) is 1. The van der Waals surface area contributed by atoms with Gasteiger partial charge >= 0.3 is 0 Å². The summed E-state index contributed by atoms with van der Waals surface area (Å²) in [6, 6.07) is 2.23. The highest BCUT2D eigenvalue weighted by atomic mass is 32.2. The zero-order valence-corrected chi connectivity index (χ0v) is 8.77. The quantitative estimate of drug-likeness (QED) is 0.650. The molecule has 0 aliphatic heterocycles. The van der Waals surface area contributed by atoms with Crippen LogP contribution in [0, 0.1) is 17.2 Å². The van der Waals surface area contributed by atoms with Crippen LogP contribution in [-0.2, 0) is 4.74 Å². The maximum atomic E-state index is 8.93. The molecule has 74 valence electrons. The van der Waals surface area contributed by atoms with Crippen LogP contribution in [-0.4, -0.2) is 30.8 Å². The lowest BCUT2D eigenvalue weighted by atomic mass is 10.00. The number of nitrogens with two attached hydrogens (primary N) is 1. The molecule has 4 heteroatoms. The topological polar surface area (TPSA) is 59.0 Å². The van der Waals surface area contributed by atoms with Crippen molar-refractivity contribution < 1.29 is 4.74 Å². The molecule has 13 heavy (non-hydrogen) atoms. The first-order valence-corrected chi connectivity index (χ1v) is 5.65. The van der Waals surface area contributed by atoms with Crippen LogP contribution >= 0.6 is 11.8 Å². The summed E-state index contributed by atoms with van der Waals surface area (Å²) in [6.45, 7) is 0.733. The highest BCUT2D eigenvalue weighted by molar-refractivity contribution is 7.99. The van der Waals surface area contributed by atoms with Gasteiger partial charge in [0.1, 0.15) is 5.54 Å². The Hall–Kier alpha value is -0.240. The fourth-order valence-corrected chi connectivity index (χ4v) is 2.29. The van der Waals surface area contributed by atoms with Gasteiger partial charge in [0.05, 0.1) is 12.7 Å². The van der Waals surface area contributed by atoms with Crippen molar-refractivity contribution >= 4 is 11.8 Å².